The fourth-order valence-electron chi connectivity index (χ4n) is 2.96. The molecule has 0 radical (unpaired) electrons. The molecule has 0 aliphatic heterocycles. The highest BCUT2D eigenvalue weighted by atomic mass is 32.2. The number of nitrogens with two attached hydrogens (primary N) is 1. The van der Waals surface area contributed by atoms with Crippen LogP contribution in [0.2, 0.25) is 0 Å². The molecule has 134 valence electrons. The maximum atomic E-state index is 12.5. The minimum Gasteiger partial charge on any atom is -0.325 e. The van der Waals surface area contributed by atoms with Gasteiger partial charge in [0.2, 0.25) is 5.91 Å². The molecule has 1 aromatic carbocycles. The molecular weight excluding hydrogens is 320 g/mol. The van der Waals surface area contributed by atoms with Crippen molar-refractivity contribution in [3.8, 4) is 0 Å². The summed E-state index contributed by atoms with van der Waals surface area (Å²) in [6.45, 7) is 5.84. The van der Waals surface area contributed by atoms with Crippen LogP contribution in [-0.2, 0) is 21.3 Å². The first-order valence-corrected chi connectivity index (χ1v) is 10.2. The number of carbonyl (C=O) groups is 1. The number of hydrogen-bond donors (Lipinski definition) is 2. The van der Waals surface area contributed by atoms with E-state index in [9.17, 15) is 9.00 Å². The summed E-state index contributed by atoms with van der Waals surface area (Å²) >= 11 is 0. The van der Waals surface area contributed by atoms with Crippen LogP contribution in [-0.4, -0.2) is 21.4 Å². The minimum atomic E-state index is -0.839. The molecular formula is C19H30N2O2S. The molecule has 2 atom stereocenters. The van der Waals surface area contributed by atoms with Gasteiger partial charge in [-0.3, -0.25) is 9.00 Å². The monoisotopic (exact) mass is 350 g/mol. The molecule has 0 heterocycles. The predicted octanol–water partition coefficient (Wildman–Crippen LogP) is 3.58. The van der Waals surface area contributed by atoms with E-state index in [1.54, 1.807) is 0 Å². The third kappa shape index (κ3) is 5.42. The Labute approximate surface area is 148 Å². The van der Waals surface area contributed by atoms with Crippen LogP contribution in [0.5, 0.6) is 0 Å². The van der Waals surface area contributed by atoms with Gasteiger partial charge in [0.15, 0.2) is 0 Å². The summed E-state index contributed by atoms with van der Waals surface area (Å²) in [4.78, 5) is 12.2. The SMILES string of the molecule is CC(C)(C)[C@H](N)C(=O)Nc1cccc(CS(=O)C2CCCCC2)c1. The highest BCUT2D eigenvalue weighted by molar-refractivity contribution is 7.84. The standard InChI is InChI=1S/C19H30N2O2S/c1-19(2,3)17(20)18(22)21-15-9-7-8-14(12-15)13-24(23)16-10-5-4-6-11-16/h7-9,12,16-17H,4-6,10-11,13,20H2,1-3H3,(H,21,22)/t17-,24?/m1/s1. The smallest absolute Gasteiger partial charge is 0.241 e. The lowest BCUT2D eigenvalue weighted by molar-refractivity contribution is -0.119. The van der Waals surface area contributed by atoms with Crippen LogP contribution in [0.1, 0.15) is 58.4 Å². The van der Waals surface area contributed by atoms with Crippen molar-refractivity contribution in [3.05, 3.63) is 29.8 Å². The first kappa shape index (κ1) is 19.1. The Morgan fingerprint density at radius 2 is 1.96 bits per heavy atom. The number of anilines is 1. The van der Waals surface area contributed by atoms with E-state index >= 15 is 0 Å². The summed E-state index contributed by atoms with van der Waals surface area (Å²) in [7, 11) is -0.839. The van der Waals surface area contributed by atoms with E-state index in [2.05, 4.69) is 5.32 Å². The van der Waals surface area contributed by atoms with E-state index in [-0.39, 0.29) is 11.3 Å². The second kappa shape index (κ2) is 8.26. The van der Waals surface area contributed by atoms with Crippen molar-refractivity contribution in [3.63, 3.8) is 0 Å². The molecule has 0 spiro atoms. The van der Waals surface area contributed by atoms with Crippen molar-refractivity contribution in [2.75, 3.05) is 5.32 Å². The first-order valence-electron chi connectivity index (χ1n) is 8.80. The number of hydrogen-bond acceptors (Lipinski definition) is 3. The van der Waals surface area contributed by atoms with Gasteiger partial charge in [-0.1, -0.05) is 52.2 Å². The van der Waals surface area contributed by atoms with Gasteiger partial charge in [-0.25, -0.2) is 0 Å². The van der Waals surface area contributed by atoms with Gasteiger partial charge in [0.05, 0.1) is 6.04 Å². The summed E-state index contributed by atoms with van der Waals surface area (Å²) in [6, 6.07) is 7.05. The molecule has 1 amide bonds. The van der Waals surface area contributed by atoms with Crippen LogP contribution in [0.4, 0.5) is 5.69 Å². The first-order chi connectivity index (χ1) is 11.3. The number of carbonyl (C=O) groups excluding carboxylic acids is 1. The van der Waals surface area contributed by atoms with Crippen LogP contribution in [0, 0.1) is 5.41 Å². The summed E-state index contributed by atoms with van der Waals surface area (Å²) in [5.74, 6) is 0.368. The Morgan fingerprint density at radius 3 is 2.58 bits per heavy atom. The summed E-state index contributed by atoms with van der Waals surface area (Å²) in [6.07, 6.45) is 5.80. The quantitative estimate of drug-likeness (QED) is 0.852. The zero-order valence-corrected chi connectivity index (χ0v) is 15.8. The molecule has 0 aromatic heterocycles. The molecule has 3 N–H and O–H groups in total. The van der Waals surface area contributed by atoms with E-state index in [4.69, 9.17) is 5.73 Å². The summed E-state index contributed by atoms with van der Waals surface area (Å²) in [5.41, 5.74) is 7.43. The third-order valence-corrected chi connectivity index (χ3v) is 6.48. The lowest BCUT2D eigenvalue weighted by Crippen LogP contribution is -2.45. The molecule has 1 fully saturated rings. The van der Waals surface area contributed by atoms with Crippen molar-refractivity contribution in [2.24, 2.45) is 11.1 Å². The number of nitrogens with one attached hydrogen (secondary N) is 1. The van der Waals surface area contributed by atoms with Gasteiger partial charge in [-0.05, 0) is 36.0 Å². The lowest BCUT2D eigenvalue weighted by Gasteiger charge is -2.26. The maximum absolute atomic E-state index is 12.5. The summed E-state index contributed by atoms with van der Waals surface area (Å²) in [5, 5.41) is 3.20. The maximum Gasteiger partial charge on any atom is 0.241 e. The largest absolute Gasteiger partial charge is 0.325 e. The molecule has 0 saturated heterocycles. The molecule has 2 rings (SSSR count). The highest BCUT2D eigenvalue weighted by Crippen LogP contribution is 2.24. The van der Waals surface area contributed by atoms with Gasteiger partial charge < -0.3 is 11.1 Å². The second-order valence-electron chi connectivity index (χ2n) is 7.82. The molecule has 1 unspecified atom stereocenters. The predicted molar refractivity (Wildman–Crippen MR) is 101 cm³/mol. The van der Waals surface area contributed by atoms with Crippen molar-refractivity contribution in [1.29, 1.82) is 0 Å². The zero-order valence-electron chi connectivity index (χ0n) is 15.0. The van der Waals surface area contributed by atoms with Crippen molar-refractivity contribution >= 4 is 22.4 Å². The van der Waals surface area contributed by atoms with Crippen LogP contribution >= 0.6 is 0 Å². The normalized spacial score (nSPS) is 18.8. The summed E-state index contributed by atoms with van der Waals surface area (Å²) < 4.78 is 12.5. The Kier molecular flexibility index (Phi) is 6.58. The van der Waals surface area contributed by atoms with Crippen LogP contribution in [0.15, 0.2) is 24.3 Å². The number of amides is 1. The van der Waals surface area contributed by atoms with Gasteiger partial charge in [-0.15, -0.1) is 0 Å². The van der Waals surface area contributed by atoms with E-state index < -0.39 is 16.8 Å². The fourth-order valence-corrected chi connectivity index (χ4v) is 4.57. The van der Waals surface area contributed by atoms with Gasteiger partial charge >= 0.3 is 0 Å². The van der Waals surface area contributed by atoms with Crippen LogP contribution in [0.3, 0.4) is 0 Å². The molecule has 1 aromatic rings. The zero-order chi connectivity index (χ0) is 17.7. The number of benzene rings is 1. The topological polar surface area (TPSA) is 72.2 Å². The molecule has 4 nitrogen and oxygen atoms in total. The van der Waals surface area contributed by atoms with Crippen molar-refractivity contribution in [1.82, 2.24) is 0 Å². The van der Waals surface area contributed by atoms with Gasteiger partial charge in [0, 0.05) is 27.5 Å². The molecule has 5 heteroatoms. The average Bonchev–Trinajstić information content (AvgIpc) is 2.54. The third-order valence-electron chi connectivity index (χ3n) is 4.64. The molecule has 1 aliphatic rings. The average molecular weight is 351 g/mol. The minimum absolute atomic E-state index is 0.187. The Balaban J connectivity index is 1.98. The Hall–Kier alpha value is -1.20. The fraction of sp³-hybridized carbons (Fsp3) is 0.632. The van der Waals surface area contributed by atoms with Gasteiger partial charge in [0.1, 0.15) is 0 Å². The number of rotatable bonds is 5. The molecule has 24 heavy (non-hydrogen) atoms. The van der Waals surface area contributed by atoms with Crippen LogP contribution in [0.25, 0.3) is 0 Å². The highest BCUT2D eigenvalue weighted by Gasteiger charge is 2.27. The van der Waals surface area contributed by atoms with E-state index in [1.165, 1.54) is 19.3 Å². The molecule has 1 aliphatic carbocycles. The van der Waals surface area contributed by atoms with E-state index in [0.717, 1.165) is 24.1 Å². The van der Waals surface area contributed by atoms with Crippen molar-refractivity contribution in [2.45, 2.75) is 69.9 Å². The van der Waals surface area contributed by atoms with Crippen LogP contribution < -0.4 is 11.1 Å². The van der Waals surface area contributed by atoms with Crippen molar-refractivity contribution < 1.29 is 9.00 Å². The Morgan fingerprint density at radius 1 is 1.29 bits per heavy atom. The second-order valence-corrected chi connectivity index (χ2v) is 9.54. The van der Waals surface area contributed by atoms with Gasteiger partial charge in [0.25, 0.3) is 0 Å². The molecule has 0 bridgehead atoms. The molecule has 1 saturated carbocycles. The van der Waals surface area contributed by atoms with E-state index in [1.807, 2.05) is 45.0 Å². The van der Waals surface area contributed by atoms with E-state index in [0.29, 0.717) is 11.0 Å². The lowest BCUT2D eigenvalue weighted by atomic mass is 9.87. The van der Waals surface area contributed by atoms with Gasteiger partial charge in [-0.2, -0.15) is 0 Å². The Bertz CT molecular complexity index is 589.